The Labute approximate surface area is 98.6 Å². The summed E-state index contributed by atoms with van der Waals surface area (Å²) in [7, 11) is 0. The Morgan fingerprint density at radius 1 is 1.31 bits per heavy atom. The number of nitrogens with two attached hydrogens (primary N) is 1. The zero-order valence-corrected chi connectivity index (χ0v) is 9.75. The Kier molecular flexibility index (Phi) is 1.97. The summed E-state index contributed by atoms with van der Waals surface area (Å²) in [5.41, 5.74) is 8.85. The molecule has 0 saturated heterocycles. The van der Waals surface area contributed by atoms with Gasteiger partial charge in [0.15, 0.2) is 0 Å². The maximum atomic E-state index is 6.19. The highest BCUT2D eigenvalue weighted by atomic mass is 35.5. The predicted octanol–water partition coefficient (Wildman–Crippen LogP) is 2.54. The molecule has 82 valence electrons. The van der Waals surface area contributed by atoms with E-state index in [0.29, 0.717) is 0 Å². The third-order valence-corrected chi connectivity index (χ3v) is 3.25. The van der Waals surface area contributed by atoms with Crippen LogP contribution in [-0.4, -0.2) is 9.97 Å². The van der Waals surface area contributed by atoms with E-state index in [4.69, 9.17) is 17.3 Å². The van der Waals surface area contributed by atoms with Gasteiger partial charge in [-0.25, -0.2) is 9.97 Å². The highest BCUT2D eigenvalue weighted by molar-refractivity contribution is 6.28. The van der Waals surface area contributed by atoms with Gasteiger partial charge in [0.05, 0.1) is 16.7 Å². The van der Waals surface area contributed by atoms with Crippen molar-refractivity contribution < 1.29 is 0 Å². The molecular formula is C12H12ClN3. The second-order valence-electron chi connectivity index (χ2n) is 4.52. The van der Waals surface area contributed by atoms with Crippen molar-refractivity contribution in [2.24, 2.45) is 5.73 Å². The number of hydrogen-bond acceptors (Lipinski definition) is 3. The van der Waals surface area contributed by atoms with Crippen molar-refractivity contribution in [1.82, 2.24) is 9.97 Å². The lowest BCUT2D eigenvalue weighted by Gasteiger charge is -2.11. The number of halogens is 1. The summed E-state index contributed by atoms with van der Waals surface area (Å²) >= 11 is 5.93. The fourth-order valence-electron chi connectivity index (χ4n) is 1.96. The Morgan fingerprint density at radius 2 is 2.06 bits per heavy atom. The van der Waals surface area contributed by atoms with E-state index in [2.05, 4.69) is 16.0 Å². The number of aryl methyl sites for hydroxylation is 1. The van der Waals surface area contributed by atoms with E-state index in [1.54, 1.807) is 0 Å². The van der Waals surface area contributed by atoms with E-state index in [1.165, 1.54) is 0 Å². The average molecular weight is 234 g/mol. The zero-order valence-electron chi connectivity index (χ0n) is 9.00. The van der Waals surface area contributed by atoms with Crippen LogP contribution in [0.5, 0.6) is 0 Å². The van der Waals surface area contributed by atoms with Gasteiger partial charge in [-0.3, -0.25) is 0 Å². The molecule has 0 spiro atoms. The van der Waals surface area contributed by atoms with Gasteiger partial charge in [-0.05, 0) is 43.0 Å². The van der Waals surface area contributed by atoms with E-state index < -0.39 is 0 Å². The van der Waals surface area contributed by atoms with Gasteiger partial charge in [-0.2, -0.15) is 0 Å². The van der Waals surface area contributed by atoms with E-state index in [0.717, 1.165) is 35.0 Å². The summed E-state index contributed by atoms with van der Waals surface area (Å²) in [6.45, 7) is 2.03. The first-order valence-electron chi connectivity index (χ1n) is 5.32. The maximum absolute atomic E-state index is 6.19. The van der Waals surface area contributed by atoms with Gasteiger partial charge < -0.3 is 5.73 Å². The second-order valence-corrected chi connectivity index (χ2v) is 4.86. The first-order chi connectivity index (χ1) is 7.58. The van der Waals surface area contributed by atoms with Crippen molar-refractivity contribution >= 4 is 22.5 Å². The Hall–Kier alpha value is -1.19. The molecule has 3 nitrogen and oxygen atoms in total. The molecule has 1 fully saturated rings. The van der Waals surface area contributed by atoms with Crippen LogP contribution in [0, 0.1) is 6.92 Å². The lowest BCUT2D eigenvalue weighted by molar-refractivity contribution is 0.714. The molecule has 1 aromatic carbocycles. The van der Waals surface area contributed by atoms with Crippen molar-refractivity contribution in [3.8, 4) is 0 Å². The first kappa shape index (κ1) is 10.00. The van der Waals surface area contributed by atoms with Crippen LogP contribution in [0.3, 0.4) is 0 Å². The minimum atomic E-state index is -0.278. The van der Waals surface area contributed by atoms with Crippen LogP contribution in [-0.2, 0) is 5.54 Å². The zero-order chi connectivity index (χ0) is 11.3. The Balaban J connectivity index is 2.35. The smallest absolute Gasteiger partial charge is 0.223 e. The fraction of sp³-hybridized carbons (Fsp3) is 0.333. The molecule has 0 unspecified atom stereocenters. The van der Waals surface area contributed by atoms with Crippen LogP contribution < -0.4 is 5.73 Å². The summed E-state index contributed by atoms with van der Waals surface area (Å²) in [5.74, 6) is 0. The molecule has 3 rings (SSSR count). The molecule has 1 heterocycles. The van der Waals surface area contributed by atoms with E-state index in [1.807, 2.05) is 19.1 Å². The molecule has 1 aliphatic carbocycles. The third-order valence-electron chi connectivity index (χ3n) is 3.09. The summed E-state index contributed by atoms with van der Waals surface area (Å²) in [5, 5.41) is 1.31. The SMILES string of the molecule is Cc1ccc2c(C3(N)CC3)nc(Cl)nc2c1. The standard InChI is InChI=1S/C12H12ClN3/c1-7-2-3-8-9(6-7)15-11(13)16-10(8)12(14)4-5-12/h2-3,6H,4-5,14H2,1H3. The molecule has 4 heteroatoms. The maximum Gasteiger partial charge on any atom is 0.223 e. The summed E-state index contributed by atoms with van der Waals surface area (Å²) in [6, 6.07) is 6.09. The van der Waals surface area contributed by atoms with Gasteiger partial charge in [0.2, 0.25) is 5.28 Å². The van der Waals surface area contributed by atoms with Crippen molar-refractivity contribution in [2.45, 2.75) is 25.3 Å². The first-order valence-corrected chi connectivity index (χ1v) is 5.70. The van der Waals surface area contributed by atoms with Crippen molar-refractivity contribution in [3.63, 3.8) is 0 Å². The molecule has 0 radical (unpaired) electrons. The molecule has 1 saturated carbocycles. The van der Waals surface area contributed by atoms with Gasteiger partial charge >= 0.3 is 0 Å². The molecule has 16 heavy (non-hydrogen) atoms. The second kappa shape index (κ2) is 3.15. The van der Waals surface area contributed by atoms with Gasteiger partial charge in [0.1, 0.15) is 0 Å². The normalized spacial score (nSPS) is 17.7. The number of hydrogen-bond donors (Lipinski definition) is 1. The Bertz CT molecular complexity index is 570. The van der Waals surface area contributed by atoms with Crippen molar-refractivity contribution in [3.05, 3.63) is 34.7 Å². The molecule has 0 atom stereocenters. The highest BCUT2D eigenvalue weighted by Gasteiger charge is 2.43. The van der Waals surface area contributed by atoms with Crippen molar-refractivity contribution in [1.29, 1.82) is 0 Å². The Morgan fingerprint density at radius 3 is 2.75 bits per heavy atom. The number of nitrogens with zero attached hydrogens (tertiary/aromatic N) is 2. The fourth-order valence-corrected chi connectivity index (χ4v) is 2.14. The minimum Gasteiger partial charge on any atom is -0.320 e. The molecular weight excluding hydrogens is 222 g/mol. The van der Waals surface area contributed by atoms with Gasteiger partial charge in [-0.15, -0.1) is 0 Å². The number of benzene rings is 1. The quantitative estimate of drug-likeness (QED) is 0.771. The lowest BCUT2D eigenvalue weighted by atomic mass is 10.1. The molecule has 0 aliphatic heterocycles. The monoisotopic (exact) mass is 233 g/mol. The lowest BCUT2D eigenvalue weighted by Crippen LogP contribution is -2.21. The molecule has 0 bridgehead atoms. The van der Waals surface area contributed by atoms with Crippen LogP contribution >= 0.6 is 11.6 Å². The van der Waals surface area contributed by atoms with Crippen LogP contribution in [0.15, 0.2) is 18.2 Å². The van der Waals surface area contributed by atoms with Crippen LogP contribution in [0.2, 0.25) is 5.28 Å². The van der Waals surface area contributed by atoms with Gasteiger partial charge in [-0.1, -0.05) is 12.1 Å². The van der Waals surface area contributed by atoms with Crippen LogP contribution in [0.1, 0.15) is 24.1 Å². The van der Waals surface area contributed by atoms with Crippen LogP contribution in [0.25, 0.3) is 10.9 Å². The van der Waals surface area contributed by atoms with E-state index >= 15 is 0 Å². The predicted molar refractivity (Wildman–Crippen MR) is 64.4 cm³/mol. The van der Waals surface area contributed by atoms with Crippen molar-refractivity contribution in [2.75, 3.05) is 0 Å². The molecule has 2 aromatic rings. The molecule has 1 aliphatic rings. The number of aromatic nitrogens is 2. The average Bonchev–Trinajstić information content (AvgIpc) is 2.96. The largest absolute Gasteiger partial charge is 0.320 e. The summed E-state index contributed by atoms with van der Waals surface area (Å²) in [6.07, 6.45) is 1.95. The van der Waals surface area contributed by atoms with Gasteiger partial charge in [0.25, 0.3) is 0 Å². The topological polar surface area (TPSA) is 51.8 Å². The third kappa shape index (κ3) is 1.47. The number of rotatable bonds is 1. The molecule has 1 aromatic heterocycles. The van der Waals surface area contributed by atoms with E-state index in [9.17, 15) is 0 Å². The van der Waals surface area contributed by atoms with E-state index in [-0.39, 0.29) is 10.8 Å². The summed E-state index contributed by atoms with van der Waals surface area (Å²) in [4.78, 5) is 8.53. The molecule has 2 N–H and O–H groups in total. The number of fused-ring (bicyclic) bond motifs is 1. The minimum absolute atomic E-state index is 0.278. The van der Waals surface area contributed by atoms with Crippen LogP contribution in [0.4, 0.5) is 0 Å². The summed E-state index contributed by atoms with van der Waals surface area (Å²) < 4.78 is 0. The molecule has 0 amide bonds. The van der Waals surface area contributed by atoms with Gasteiger partial charge in [0, 0.05) is 5.39 Å². The highest BCUT2D eigenvalue weighted by Crippen LogP contribution is 2.44.